The van der Waals surface area contributed by atoms with Crippen LogP contribution in [0.5, 0.6) is 5.75 Å². The van der Waals surface area contributed by atoms with Crippen LogP contribution in [0.3, 0.4) is 0 Å². The molecule has 1 aliphatic heterocycles. The van der Waals surface area contributed by atoms with E-state index in [0.717, 1.165) is 79.5 Å². The maximum absolute atomic E-state index is 14.0. The van der Waals surface area contributed by atoms with Gasteiger partial charge in [-0.1, -0.05) is 29.8 Å². The fraction of sp³-hybridized carbons (Fsp3) is 0.323. The van der Waals surface area contributed by atoms with Crippen LogP contribution in [-0.4, -0.2) is 69.3 Å². The topological polar surface area (TPSA) is 71.3 Å². The molecule has 0 saturated carbocycles. The molecule has 2 aliphatic rings. The van der Waals surface area contributed by atoms with Gasteiger partial charge in [0, 0.05) is 60.6 Å². The van der Waals surface area contributed by atoms with E-state index < -0.39 is 0 Å². The first-order valence-corrected chi connectivity index (χ1v) is 15.4. The number of benzene rings is 2. The molecule has 5 aromatic rings. The van der Waals surface area contributed by atoms with Gasteiger partial charge in [0.1, 0.15) is 35.1 Å². The van der Waals surface area contributed by atoms with E-state index in [-0.39, 0.29) is 12.4 Å². The van der Waals surface area contributed by atoms with Gasteiger partial charge < -0.3 is 15.0 Å². The average molecular weight is 604 g/mol. The second-order valence-electron chi connectivity index (χ2n) is 10.9. The van der Waals surface area contributed by atoms with Crippen LogP contribution >= 0.6 is 22.9 Å². The number of nitrogens with one attached hydrogen (secondary N) is 1. The van der Waals surface area contributed by atoms with Crippen molar-refractivity contribution in [3.63, 3.8) is 0 Å². The number of ether oxygens (including phenoxy) is 1. The molecular weight excluding hydrogens is 573 g/mol. The molecule has 42 heavy (non-hydrogen) atoms. The zero-order valence-corrected chi connectivity index (χ0v) is 24.9. The number of aromatic nitrogens is 4. The van der Waals surface area contributed by atoms with Crippen molar-refractivity contribution in [1.29, 1.82) is 0 Å². The minimum absolute atomic E-state index is 0.0984. The zero-order chi connectivity index (χ0) is 28.6. The molecule has 0 radical (unpaired) electrons. The number of likely N-dealkylation sites (N-methyl/N-ethyl adjacent to an activating group) is 1. The number of hydrogen-bond acceptors (Lipinski definition) is 8. The number of thiophene rings is 1. The monoisotopic (exact) mass is 603 g/mol. The summed E-state index contributed by atoms with van der Waals surface area (Å²) >= 11 is 8.25. The Balaban J connectivity index is 1.09. The molecule has 0 atom stereocenters. The largest absolute Gasteiger partial charge is 0.487 e. The second kappa shape index (κ2) is 11.6. The van der Waals surface area contributed by atoms with Gasteiger partial charge in [0.15, 0.2) is 0 Å². The van der Waals surface area contributed by atoms with E-state index in [1.54, 1.807) is 48.0 Å². The Morgan fingerprint density at radius 1 is 1.05 bits per heavy atom. The maximum Gasteiger partial charge on any atom is 0.142 e. The Morgan fingerprint density at radius 2 is 1.90 bits per heavy atom. The molecule has 0 spiro atoms. The number of hydrogen-bond donors (Lipinski definition) is 1. The molecule has 11 heteroatoms. The smallest absolute Gasteiger partial charge is 0.142 e. The SMILES string of the molecule is CN1CCN(CCn2cc3c(n2)CCc2c-3sc3ncnc(Nc4ccc(OCc5ccccc5F)c(Cl)c4)c23)CC1. The molecule has 216 valence electrons. The van der Waals surface area contributed by atoms with E-state index in [4.69, 9.17) is 21.4 Å². The van der Waals surface area contributed by atoms with Gasteiger partial charge in [-0.15, -0.1) is 11.3 Å². The Kier molecular flexibility index (Phi) is 7.54. The number of nitrogens with zero attached hydrogens (tertiary/aromatic N) is 6. The molecule has 0 unspecified atom stereocenters. The van der Waals surface area contributed by atoms with Gasteiger partial charge in [-0.3, -0.25) is 9.58 Å². The Hall–Kier alpha value is -3.57. The van der Waals surface area contributed by atoms with Crippen molar-refractivity contribution in [2.24, 2.45) is 0 Å². The summed E-state index contributed by atoms with van der Waals surface area (Å²) in [5.74, 6) is 0.937. The van der Waals surface area contributed by atoms with Crippen LogP contribution in [0.2, 0.25) is 5.02 Å². The van der Waals surface area contributed by atoms with E-state index in [0.29, 0.717) is 16.3 Å². The molecule has 1 fully saturated rings. The summed E-state index contributed by atoms with van der Waals surface area (Å²) in [5, 5.41) is 9.88. The third-order valence-corrected chi connectivity index (χ3v) is 9.53. The Bertz CT molecular complexity index is 1750. The molecule has 4 heterocycles. The summed E-state index contributed by atoms with van der Waals surface area (Å²) in [5.41, 5.74) is 4.90. The van der Waals surface area contributed by atoms with Gasteiger partial charge in [-0.25, -0.2) is 14.4 Å². The third kappa shape index (κ3) is 5.47. The normalized spacial score (nSPS) is 15.5. The maximum atomic E-state index is 14.0. The molecule has 0 bridgehead atoms. The van der Waals surface area contributed by atoms with E-state index in [1.165, 1.54) is 22.1 Å². The van der Waals surface area contributed by atoms with Crippen molar-refractivity contribution >= 4 is 44.7 Å². The van der Waals surface area contributed by atoms with Crippen LogP contribution in [0.15, 0.2) is 55.0 Å². The van der Waals surface area contributed by atoms with Gasteiger partial charge in [0.25, 0.3) is 0 Å². The lowest BCUT2D eigenvalue weighted by molar-refractivity contribution is 0.148. The van der Waals surface area contributed by atoms with Crippen molar-refractivity contribution < 1.29 is 9.13 Å². The number of rotatable bonds is 8. The highest BCUT2D eigenvalue weighted by atomic mass is 35.5. The minimum Gasteiger partial charge on any atom is -0.487 e. The lowest BCUT2D eigenvalue weighted by Crippen LogP contribution is -2.45. The summed E-state index contributed by atoms with van der Waals surface area (Å²) in [6.45, 7) is 6.48. The lowest BCUT2D eigenvalue weighted by atomic mass is 9.95. The molecule has 0 amide bonds. The summed E-state index contributed by atoms with van der Waals surface area (Å²) in [7, 11) is 2.19. The predicted octanol–water partition coefficient (Wildman–Crippen LogP) is 6.02. The summed E-state index contributed by atoms with van der Waals surface area (Å²) in [6.07, 6.45) is 5.59. The highest BCUT2D eigenvalue weighted by molar-refractivity contribution is 7.22. The fourth-order valence-corrected chi connectivity index (χ4v) is 7.11. The third-order valence-electron chi connectivity index (χ3n) is 8.06. The molecule has 1 N–H and O–H groups in total. The van der Waals surface area contributed by atoms with Gasteiger partial charge in [-0.2, -0.15) is 5.10 Å². The van der Waals surface area contributed by atoms with Crippen LogP contribution in [0.1, 0.15) is 16.8 Å². The first kappa shape index (κ1) is 27.3. The Labute approximate surface area is 252 Å². The molecule has 2 aromatic carbocycles. The minimum atomic E-state index is -0.302. The van der Waals surface area contributed by atoms with Crippen molar-refractivity contribution in [1.82, 2.24) is 29.5 Å². The molecular formula is C31H31ClFN7OS. The van der Waals surface area contributed by atoms with Crippen LogP contribution in [0.25, 0.3) is 20.7 Å². The zero-order valence-electron chi connectivity index (χ0n) is 23.3. The quantitative estimate of drug-likeness (QED) is 0.233. The molecule has 1 saturated heterocycles. The second-order valence-corrected chi connectivity index (χ2v) is 12.3. The van der Waals surface area contributed by atoms with Crippen molar-refractivity contribution in [2.45, 2.75) is 26.0 Å². The molecule has 1 aliphatic carbocycles. The standard InChI is InChI=1S/C31H31ClFN7OS/c1-38-10-12-39(13-11-38)14-15-40-17-23-26(37-40)8-7-22-28-30(34-19-35-31(28)42-29(22)23)36-21-6-9-27(24(32)16-21)41-18-20-4-2-3-5-25(20)33/h2-6,9,16-17,19H,7-8,10-15,18H2,1H3,(H,34,35,36). The number of aryl methyl sites for hydroxylation is 2. The fourth-order valence-electron chi connectivity index (χ4n) is 5.65. The van der Waals surface area contributed by atoms with Crippen molar-refractivity contribution in [3.05, 3.63) is 82.6 Å². The van der Waals surface area contributed by atoms with Gasteiger partial charge in [0.2, 0.25) is 0 Å². The average Bonchev–Trinajstić information content (AvgIpc) is 3.59. The summed E-state index contributed by atoms with van der Waals surface area (Å²) < 4.78 is 21.9. The number of fused-ring (bicyclic) bond motifs is 5. The highest BCUT2D eigenvalue weighted by Crippen LogP contribution is 2.45. The first-order valence-electron chi connectivity index (χ1n) is 14.2. The van der Waals surface area contributed by atoms with Gasteiger partial charge >= 0.3 is 0 Å². The Morgan fingerprint density at radius 3 is 2.74 bits per heavy atom. The van der Waals surface area contributed by atoms with Crippen LogP contribution < -0.4 is 10.1 Å². The van der Waals surface area contributed by atoms with Crippen LogP contribution in [0, 0.1) is 5.82 Å². The van der Waals surface area contributed by atoms with E-state index in [9.17, 15) is 4.39 Å². The molecule has 7 rings (SSSR count). The van der Waals surface area contributed by atoms with Crippen molar-refractivity contribution in [2.75, 3.05) is 45.1 Å². The summed E-state index contributed by atoms with van der Waals surface area (Å²) in [6, 6.07) is 12.0. The van der Waals surface area contributed by atoms with E-state index >= 15 is 0 Å². The summed E-state index contributed by atoms with van der Waals surface area (Å²) in [4.78, 5) is 16.3. The van der Waals surface area contributed by atoms with E-state index in [1.807, 2.05) is 6.07 Å². The van der Waals surface area contributed by atoms with Crippen molar-refractivity contribution in [3.8, 4) is 16.2 Å². The molecule has 3 aromatic heterocycles. The lowest BCUT2D eigenvalue weighted by Gasteiger charge is -2.32. The first-order chi connectivity index (χ1) is 20.5. The highest BCUT2D eigenvalue weighted by Gasteiger charge is 2.26. The van der Waals surface area contributed by atoms with Crippen LogP contribution in [0.4, 0.5) is 15.9 Å². The van der Waals surface area contributed by atoms with Gasteiger partial charge in [0.05, 0.1) is 22.6 Å². The van der Waals surface area contributed by atoms with Crippen LogP contribution in [-0.2, 0) is 26.0 Å². The van der Waals surface area contributed by atoms with Gasteiger partial charge in [-0.05, 0) is 49.7 Å². The predicted molar refractivity (Wildman–Crippen MR) is 165 cm³/mol. The number of anilines is 2. The molecule has 8 nitrogen and oxygen atoms in total. The number of piperazine rings is 1. The van der Waals surface area contributed by atoms with E-state index in [2.05, 4.69) is 43.0 Å². The number of halogens is 2.